The second kappa shape index (κ2) is 3.53. The van der Waals surface area contributed by atoms with E-state index < -0.39 is 18.1 Å². The molecule has 1 amide bonds. The predicted octanol–water partition coefficient (Wildman–Crippen LogP) is 0.498. The Morgan fingerprint density at radius 2 is 1.77 bits per heavy atom. The monoisotopic (exact) mass is 196 g/mol. The van der Waals surface area contributed by atoms with Crippen LogP contribution in [0.3, 0.4) is 0 Å². The fourth-order valence-corrected chi connectivity index (χ4v) is 1.27. The average molecular weight is 196 g/mol. The Hall–Kier alpha value is -0.780. The van der Waals surface area contributed by atoms with Gasteiger partial charge in [-0.15, -0.1) is 0 Å². The third-order valence-corrected chi connectivity index (χ3v) is 2.04. The first-order valence-corrected chi connectivity index (χ1v) is 4.04. The van der Waals surface area contributed by atoms with E-state index in [0.29, 0.717) is 13.1 Å². The second-order valence-electron chi connectivity index (χ2n) is 3.05. The molecule has 1 fully saturated rings. The van der Waals surface area contributed by atoms with Gasteiger partial charge in [0.05, 0.1) is 0 Å². The topological polar surface area (TPSA) is 46.3 Å². The van der Waals surface area contributed by atoms with Crippen molar-refractivity contribution in [1.29, 1.82) is 0 Å². The summed E-state index contributed by atoms with van der Waals surface area (Å²) < 4.78 is 35.9. The van der Waals surface area contributed by atoms with Gasteiger partial charge in [-0.1, -0.05) is 0 Å². The molecule has 2 N–H and O–H groups in total. The average Bonchev–Trinajstić information content (AvgIpc) is 2.51. The Bertz CT molecular complexity index is 198. The number of hydrogen-bond donors (Lipinski definition) is 1. The van der Waals surface area contributed by atoms with Gasteiger partial charge >= 0.3 is 6.18 Å². The van der Waals surface area contributed by atoms with Crippen molar-refractivity contribution < 1.29 is 18.0 Å². The van der Waals surface area contributed by atoms with Crippen LogP contribution in [-0.2, 0) is 4.79 Å². The molecular weight excluding hydrogens is 185 g/mol. The fourth-order valence-electron chi connectivity index (χ4n) is 1.27. The zero-order valence-electron chi connectivity index (χ0n) is 6.97. The maximum Gasteiger partial charge on any atom is 0.412 e. The molecule has 1 aliphatic heterocycles. The number of rotatable bonds is 1. The molecule has 0 bridgehead atoms. The van der Waals surface area contributed by atoms with E-state index >= 15 is 0 Å². The number of hydrogen-bond acceptors (Lipinski definition) is 2. The molecule has 0 radical (unpaired) electrons. The molecule has 13 heavy (non-hydrogen) atoms. The standard InChI is InChI=1S/C7H11F3N2O/c8-7(9,10)5(11)6(13)12-3-1-2-4-12/h5H,1-4,11H2. The zero-order chi connectivity index (χ0) is 10.1. The number of carbonyl (C=O) groups excluding carboxylic acids is 1. The van der Waals surface area contributed by atoms with Crippen LogP contribution in [-0.4, -0.2) is 36.1 Å². The minimum atomic E-state index is -4.63. The van der Waals surface area contributed by atoms with Crippen molar-refractivity contribution in [3.05, 3.63) is 0 Å². The lowest BCUT2D eigenvalue weighted by Gasteiger charge is -2.21. The molecule has 1 saturated heterocycles. The Morgan fingerprint density at radius 1 is 1.31 bits per heavy atom. The van der Waals surface area contributed by atoms with Crippen LogP contribution in [0, 0.1) is 0 Å². The minimum Gasteiger partial charge on any atom is -0.341 e. The van der Waals surface area contributed by atoms with Gasteiger partial charge in [-0.3, -0.25) is 4.79 Å². The molecular formula is C7H11F3N2O. The van der Waals surface area contributed by atoms with E-state index in [1.165, 1.54) is 0 Å². The van der Waals surface area contributed by atoms with E-state index in [0.717, 1.165) is 17.7 Å². The molecule has 0 spiro atoms. The molecule has 0 aromatic carbocycles. The van der Waals surface area contributed by atoms with Crippen molar-refractivity contribution in [2.45, 2.75) is 25.1 Å². The van der Waals surface area contributed by atoms with Crippen molar-refractivity contribution in [1.82, 2.24) is 4.90 Å². The lowest BCUT2D eigenvalue weighted by molar-refractivity contribution is -0.169. The van der Waals surface area contributed by atoms with Crippen molar-refractivity contribution in [3.8, 4) is 0 Å². The highest BCUT2D eigenvalue weighted by molar-refractivity contribution is 5.82. The summed E-state index contributed by atoms with van der Waals surface area (Å²) in [5.41, 5.74) is 4.76. The molecule has 76 valence electrons. The summed E-state index contributed by atoms with van der Waals surface area (Å²) in [6.07, 6.45) is -3.10. The first kappa shape index (κ1) is 10.3. The summed E-state index contributed by atoms with van der Waals surface area (Å²) in [4.78, 5) is 12.2. The van der Waals surface area contributed by atoms with Crippen molar-refractivity contribution in [2.24, 2.45) is 5.73 Å². The molecule has 0 aromatic heterocycles. The van der Waals surface area contributed by atoms with Gasteiger partial charge in [0.25, 0.3) is 0 Å². The Balaban J connectivity index is 2.56. The molecule has 1 rings (SSSR count). The van der Waals surface area contributed by atoms with Gasteiger partial charge in [-0.25, -0.2) is 0 Å². The molecule has 6 heteroatoms. The lowest BCUT2D eigenvalue weighted by Crippen LogP contribution is -2.50. The third kappa shape index (κ3) is 2.33. The summed E-state index contributed by atoms with van der Waals surface area (Å²) in [5, 5.41) is 0. The number of carbonyl (C=O) groups is 1. The minimum absolute atomic E-state index is 0.391. The number of likely N-dealkylation sites (tertiary alicyclic amines) is 1. The summed E-state index contributed by atoms with van der Waals surface area (Å²) in [6.45, 7) is 0.783. The zero-order valence-corrected chi connectivity index (χ0v) is 6.97. The van der Waals surface area contributed by atoms with Crippen LogP contribution >= 0.6 is 0 Å². The first-order valence-electron chi connectivity index (χ1n) is 4.04. The van der Waals surface area contributed by atoms with Gasteiger partial charge in [0.1, 0.15) is 0 Å². The van der Waals surface area contributed by atoms with Crippen molar-refractivity contribution in [2.75, 3.05) is 13.1 Å². The van der Waals surface area contributed by atoms with Crippen LogP contribution in [0.15, 0.2) is 0 Å². The quantitative estimate of drug-likeness (QED) is 0.663. The molecule has 3 nitrogen and oxygen atoms in total. The van der Waals surface area contributed by atoms with Crippen LogP contribution in [0.4, 0.5) is 13.2 Å². The van der Waals surface area contributed by atoms with Gasteiger partial charge in [-0.2, -0.15) is 13.2 Å². The van der Waals surface area contributed by atoms with Crippen LogP contribution in [0.25, 0.3) is 0 Å². The first-order chi connectivity index (χ1) is 5.93. The highest BCUT2D eigenvalue weighted by Gasteiger charge is 2.44. The predicted molar refractivity (Wildman–Crippen MR) is 39.8 cm³/mol. The molecule has 1 heterocycles. The van der Waals surface area contributed by atoms with Gasteiger partial charge in [0.2, 0.25) is 5.91 Å². The number of alkyl halides is 3. The largest absolute Gasteiger partial charge is 0.412 e. The summed E-state index contributed by atoms with van der Waals surface area (Å²) in [5.74, 6) is -1.01. The maximum absolute atomic E-state index is 12.0. The normalized spacial score (nSPS) is 20.5. The van der Waals surface area contributed by atoms with Crippen LogP contribution in [0.2, 0.25) is 0 Å². The van der Waals surface area contributed by atoms with Gasteiger partial charge < -0.3 is 10.6 Å². The Labute approximate surface area is 73.7 Å². The van der Waals surface area contributed by atoms with Crippen molar-refractivity contribution in [3.63, 3.8) is 0 Å². The van der Waals surface area contributed by atoms with Gasteiger partial charge in [-0.05, 0) is 12.8 Å². The summed E-state index contributed by atoms with van der Waals surface area (Å²) in [7, 11) is 0. The van der Waals surface area contributed by atoms with Gasteiger partial charge in [0, 0.05) is 13.1 Å². The number of nitrogens with two attached hydrogens (primary N) is 1. The number of halogens is 3. The van der Waals surface area contributed by atoms with E-state index in [2.05, 4.69) is 0 Å². The molecule has 0 aliphatic carbocycles. The molecule has 1 atom stereocenters. The highest BCUT2D eigenvalue weighted by atomic mass is 19.4. The SMILES string of the molecule is NC(C(=O)N1CCCC1)C(F)(F)F. The molecule has 1 aliphatic rings. The smallest absolute Gasteiger partial charge is 0.341 e. The number of amides is 1. The van der Waals surface area contributed by atoms with Crippen LogP contribution < -0.4 is 5.73 Å². The number of nitrogens with zero attached hydrogens (tertiary/aromatic N) is 1. The molecule has 1 unspecified atom stereocenters. The fraction of sp³-hybridized carbons (Fsp3) is 0.857. The maximum atomic E-state index is 12.0. The van der Waals surface area contributed by atoms with Crippen LogP contribution in [0.5, 0.6) is 0 Å². The van der Waals surface area contributed by atoms with E-state index in [-0.39, 0.29) is 0 Å². The lowest BCUT2D eigenvalue weighted by atomic mass is 10.2. The van der Waals surface area contributed by atoms with E-state index in [9.17, 15) is 18.0 Å². The van der Waals surface area contributed by atoms with Gasteiger partial charge in [0.15, 0.2) is 6.04 Å². The Morgan fingerprint density at radius 3 is 2.15 bits per heavy atom. The van der Waals surface area contributed by atoms with E-state index in [4.69, 9.17) is 5.73 Å². The molecule has 0 saturated carbocycles. The van der Waals surface area contributed by atoms with E-state index in [1.54, 1.807) is 0 Å². The highest BCUT2D eigenvalue weighted by Crippen LogP contribution is 2.21. The second-order valence-corrected chi connectivity index (χ2v) is 3.05. The Kier molecular flexibility index (Phi) is 2.80. The van der Waals surface area contributed by atoms with Crippen LogP contribution in [0.1, 0.15) is 12.8 Å². The summed E-state index contributed by atoms with van der Waals surface area (Å²) >= 11 is 0. The van der Waals surface area contributed by atoms with Crippen molar-refractivity contribution >= 4 is 5.91 Å². The summed E-state index contributed by atoms with van der Waals surface area (Å²) in [6, 6.07) is -2.36. The third-order valence-electron chi connectivity index (χ3n) is 2.04. The van der Waals surface area contributed by atoms with E-state index in [1.807, 2.05) is 0 Å². The molecule has 0 aromatic rings.